The van der Waals surface area contributed by atoms with Crippen molar-refractivity contribution in [3.63, 3.8) is 0 Å². The van der Waals surface area contributed by atoms with Crippen LogP contribution in [0.2, 0.25) is 0 Å². The van der Waals surface area contributed by atoms with Gasteiger partial charge in [-0.1, -0.05) is 0 Å². The molecule has 6 nitrogen and oxygen atoms in total. The molecule has 0 radical (unpaired) electrons. The van der Waals surface area contributed by atoms with Gasteiger partial charge in [0, 0.05) is 19.2 Å². The molecule has 1 saturated heterocycles. The minimum atomic E-state index is -0.394. The summed E-state index contributed by atoms with van der Waals surface area (Å²) >= 11 is 1.93. The predicted molar refractivity (Wildman–Crippen MR) is 79.0 cm³/mol. The van der Waals surface area contributed by atoms with Gasteiger partial charge in [-0.2, -0.15) is 11.8 Å². The number of thioether (sulfide) groups is 1. The third kappa shape index (κ3) is 3.73. The Morgan fingerprint density at radius 2 is 2.37 bits per heavy atom. The molecule has 104 valence electrons. The summed E-state index contributed by atoms with van der Waals surface area (Å²) in [5.41, 5.74) is 0.0345. The summed E-state index contributed by atoms with van der Waals surface area (Å²) in [5.74, 6) is 3.90. The van der Waals surface area contributed by atoms with E-state index in [1.54, 1.807) is 6.07 Å². The van der Waals surface area contributed by atoms with Crippen molar-refractivity contribution >= 4 is 29.1 Å². The van der Waals surface area contributed by atoms with E-state index in [2.05, 4.69) is 15.6 Å². The Labute approximate surface area is 116 Å². The molecule has 0 aromatic carbocycles. The van der Waals surface area contributed by atoms with Gasteiger partial charge in [0.2, 0.25) is 5.82 Å². The molecular formula is C12H18N4O2S. The van der Waals surface area contributed by atoms with E-state index in [1.165, 1.54) is 18.2 Å². The van der Waals surface area contributed by atoms with Crippen LogP contribution in [0.25, 0.3) is 0 Å². The number of nitrogens with one attached hydrogen (secondary N) is 2. The van der Waals surface area contributed by atoms with E-state index in [9.17, 15) is 10.1 Å². The average molecular weight is 282 g/mol. The number of nitrogens with zero attached hydrogens (tertiary/aromatic N) is 2. The number of anilines is 2. The van der Waals surface area contributed by atoms with Crippen molar-refractivity contribution in [2.45, 2.75) is 13.3 Å². The largest absolute Gasteiger partial charge is 0.370 e. The standard InChI is InChI=1S/C12H18N4O2S/c1-2-13-11-4-3-10(16(17)18)12(15-11)14-7-9-5-6-19-8-9/h3-4,9H,2,5-8H2,1H3,(H2,13,14,15). The molecule has 2 heterocycles. The summed E-state index contributed by atoms with van der Waals surface area (Å²) in [6.45, 7) is 3.45. The van der Waals surface area contributed by atoms with Crippen LogP contribution in [0, 0.1) is 16.0 Å². The molecular weight excluding hydrogens is 264 g/mol. The van der Waals surface area contributed by atoms with Crippen LogP contribution < -0.4 is 10.6 Å². The summed E-state index contributed by atoms with van der Waals surface area (Å²) in [6, 6.07) is 3.13. The maximum Gasteiger partial charge on any atom is 0.311 e. The molecule has 7 heteroatoms. The fourth-order valence-electron chi connectivity index (χ4n) is 1.99. The second-order valence-corrected chi connectivity index (χ2v) is 5.61. The van der Waals surface area contributed by atoms with E-state index in [0.29, 0.717) is 17.6 Å². The minimum Gasteiger partial charge on any atom is -0.370 e. The maximum absolute atomic E-state index is 11.0. The highest BCUT2D eigenvalue weighted by molar-refractivity contribution is 7.99. The van der Waals surface area contributed by atoms with Crippen molar-refractivity contribution in [3.05, 3.63) is 22.2 Å². The smallest absolute Gasteiger partial charge is 0.311 e. The number of nitro groups is 1. The lowest BCUT2D eigenvalue weighted by Crippen LogP contribution is -2.15. The summed E-state index contributed by atoms with van der Waals surface area (Å²) in [6.07, 6.45) is 1.17. The normalized spacial score (nSPS) is 18.3. The Kier molecular flexibility index (Phi) is 4.84. The lowest BCUT2D eigenvalue weighted by molar-refractivity contribution is -0.384. The molecule has 0 spiro atoms. The molecule has 1 unspecified atom stereocenters. The summed E-state index contributed by atoms with van der Waals surface area (Å²) in [5, 5.41) is 17.2. The molecule has 0 bridgehead atoms. The molecule has 1 atom stereocenters. The lowest BCUT2D eigenvalue weighted by Gasteiger charge is -2.12. The van der Waals surface area contributed by atoms with E-state index in [1.807, 2.05) is 18.7 Å². The van der Waals surface area contributed by atoms with Gasteiger partial charge < -0.3 is 10.6 Å². The van der Waals surface area contributed by atoms with Gasteiger partial charge in [0.25, 0.3) is 0 Å². The number of hydrogen-bond acceptors (Lipinski definition) is 6. The molecule has 0 amide bonds. The zero-order valence-corrected chi connectivity index (χ0v) is 11.7. The van der Waals surface area contributed by atoms with Crippen molar-refractivity contribution in [1.82, 2.24) is 4.98 Å². The highest BCUT2D eigenvalue weighted by Crippen LogP contribution is 2.27. The van der Waals surface area contributed by atoms with Gasteiger partial charge in [-0.15, -0.1) is 0 Å². The summed E-state index contributed by atoms with van der Waals surface area (Å²) < 4.78 is 0. The average Bonchev–Trinajstić information content (AvgIpc) is 2.89. The Hall–Kier alpha value is -1.50. The summed E-state index contributed by atoms with van der Waals surface area (Å²) in [4.78, 5) is 14.9. The SMILES string of the molecule is CCNc1ccc([N+](=O)[O-])c(NCC2CCSC2)n1. The van der Waals surface area contributed by atoms with E-state index >= 15 is 0 Å². The van der Waals surface area contributed by atoms with Crippen molar-refractivity contribution in [1.29, 1.82) is 0 Å². The van der Waals surface area contributed by atoms with Crippen LogP contribution in [0.3, 0.4) is 0 Å². The first-order chi connectivity index (χ1) is 9.20. The molecule has 1 aromatic heterocycles. The van der Waals surface area contributed by atoms with Crippen LogP contribution in [-0.4, -0.2) is 34.5 Å². The third-order valence-corrected chi connectivity index (χ3v) is 4.24. The molecule has 1 aliphatic rings. The zero-order chi connectivity index (χ0) is 13.7. The molecule has 1 fully saturated rings. The fourth-order valence-corrected chi connectivity index (χ4v) is 3.28. The van der Waals surface area contributed by atoms with Crippen LogP contribution in [0.5, 0.6) is 0 Å². The Balaban J connectivity index is 2.09. The molecule has 0 saturated carbocycles. The van der Waals surface area contributed by atoms with E-state index in [4.69, 9.17) is 0 Å². The first kappa shape index (κ1) is 13.9. The topological polar surface area (TPSA) is 80.1 Å². The van der Waals surface area contributed by atoms with Gasteiger partial charge in [-0.05, 0) is 36.8 Å². The van der Waals surface area contributed by atoms with Crippen molar-refractivity contribution in [3.8, 4) is 0 Å². The molecule has 2 N–H and O–H groups in total. The van der Waals surface area contributed by atoms with Gasteiger partial charge in [0.15, 0.2) is 0 Å². The minimum absolute atomic E-state index is 0.0345. The zero-order valence-electron chi connectivity index (χ0n) is 10.9. The Morgan fingerprint density at radius 3 is 3.00 bits per heavy atom. The molecule has 0 aliphatic carbocycles. The summed E-state index contributed by atoms with van der Waals surface area (Å²) in [7, 11) is 0. The fraction of sp³-hybridized carbons (Fsp3) is 0.583. The molecule has 19 heavy (non-hydrogen) atoms. The van der Waals surface area contributed by atoms with Gasteiger partial charge in [0.05, 0.1) is 4.92 Å². The van der Waals surface area contributed by atoms with Gasteiger partial charge >= 0.3 is 5.69 Å². The second-order valence-electron chi connectivity index (χ2n) is 4.46. The van der Waals surface area contributed by atoms with Crippen LogP contribution in [0.4, 0.5) is 17.3 Å². The van der Waals surface area contributed by atoms with Crippen molar-refractivity contribution in [2.75, 3.05) is 35.2 Å². The van der Waals surface area contributed by atoms with Crippen LogP contribution in [0.1, 0.15) is 13.3 Å². The Bertz CT molecular complexity index is 449. The van der Waals surface area contributed by atoms with Crippen LogP contribution in [0.15, 0.2) is 12.1 Å². The van der Waals surface area contributed by atoms with E-state index in [-0.39, 0.29) is 5.69 Å². The van der Waals surface area contributed by atoms with Gasteiger partial charge in [-0.25, -0.2) is 4.98 Å². The third-order valence-electron chi connectivity index (χ3n) is 3.01. The first-order valence-corrected chi connectivity index (χ1v) is 7.57. The molecule has 2 rings (SSSR count). The van der Waals surface area contributed by atoms with E-state index < -0.39 is 4.92 Å². The van der Waals surface area contributed by atoms with Crippen LogP contribution >= 0.6 is 11.8 Å². The van der Waals surface area contributed by atoms with Gasteiger partial charge in [0.1, 0.15) is 5.82 Å². The van der Waals surface area contributed by atoms with Crippen molar-refractivity contribution in [2.24, 2.45) is 5.92 Å². The Morgan fingerprint density at radius 1 is 1.53 bits per heavy atom. The molecule has 1 aliphatic heterocycles. The number of hydrogen-bond donors (Lipinski definition) is 2. The second kappa shape index (κ2) is 6.60. The quantitative estimate of drug-likeness (QED) is 0.616. The lowest BCUT2D eigenvalue weighted by atomic mass is 10.1. The first-order valence-electron chi connectivity index (χ1n) is 6.41. The monoisotopic (exact) mass is 282 g/mol. The predicted octanol–water partition coefficient (Wildman–Crippen LogP) is 2.59. The number of rotatable bonds is 6. The highest BCUT2D eigenvalue weighted by atomic mass is 32.2. The highest BCUT2D eigenvalue weighted by Gasteiger charge is 2.19. The van der Waals surface area contributed by atoms with Gasteiger partial charge in [-0.3, -0.25) is 10.1 Å². The van der Waals surface area contributed by atoms with Crippen molar-refractivity contribution < 1.29 is 4.92 Å². The van der Waals surface area contributed by atoms with Crippen LogP contribution in [-0.2, 0) is 0 Å². The maximum atomic E-state index is 11.0. The number of pyridine rings is 1. The number of aromatic nitrogens is 1. The molecule has 1 aromatic rings. The van der Waals surface area contributed by atoms with E-state index in [0.717, 1.165) is 18.8 Å².